The van der Waals surface area contributed by atoms with E-state index >= 15 is 0 Å². The molecule has 0 heterocycles. The van der Waals surface area contributed by atoms with Gasteiger partial charge >= 0.3 is 5.97 Å². The van der Waals surface area contributed by atoms with E-state index in [0.717, 1.165) is 6.07 Å². The molecule has 3 nitrogen and oxygen atoms in total. The maximum atomic E-state index is 13.5. The van der Waals surface area contributed by atoms with Gasteiger partial charge in [-0.05, 0) is 25.5 Å². The summed E-state index contributed by atoms with van der Waals surface area (Å²) in [5.41, 5.74) is 0. The highest BCUT2D eigenvalue weighted by molar-refractivity contribution is 7.99. The van der Waals surface area contributed by atoms with Crippen molar-refractivity contribution in [3.05, 3.63) is 29.8 Å². The fourth-order valence-electron chi connectivity index (χ4n) is 1.79. The van der Waals surface area contributed by atoms with Crippen molar-refractivity contribution >= 4 is 17.7 Å². The van der Waals surface area contributed by atoms with E-state index in [1.165, 1.54) is 23.9 Å². The van der Waals surface area contributed by atoms with Crippen molar-refractivity contribution in [2.75, 3.05) is 12.4 Å². The molecular weight excluding hydrogens is 296 g/mol. The summed E-state index contributed by atoms with van der Waals surface area (Å²) in [5, 5.41) is 3.13. The second kappa shape index (κ2) is 9.00. The molecular formula is C15H21F2NO2S. The number of carbonyl (C=O) groups excluding carboxylic acids is 1. The van der Waals surface area contributed by atoms with Gasteiger partial charge in [-0.15, -0.1) is 11.8 Å². The highest BCUT2D eigenvalue weighted by Gasteiger charge is 2.20. The molecule has 1 aromatic carbocycles. The molecule has 0 bridgehead atoms. The molecule has 0 aliphatic heterocycles. The van der Waals surface area contributed by atoms with Crippen LogP contribution in [0.2, 0.25) is 0 Å². The first-order chi connectivity index (χ1) is 9.93. The lowest BCUT2D eigenvalue weighted by atomic mass is 10.2. The Labute approximate surface area is 128 Å². The number of halogens is 2. The van der Waals surface area contributed by atoms with E-state index in [1.807, 2.05) is 13.8 Å². The highest BCUT2D eigenvalue weighted by Crippen LogP contribution is 2.23. The van der Waals surface area contributed by atoms with Crippen LogP contribution in [-0.4, -0.2) is 30.4 Å². The monoisotopic (exact) mass is 317 g/mol. The van der Waals surface area contributed by atoms with Gasteiger partial charge < -0.3 is 10.1 Å². The molecule has 1 atom stereocenters. The number of esters is 1. The Morgan fingerprint density at radius 3 is 2.67 bits per heavy atom. The fourth-order valence-corrected chi connectivity index (χ4v) is 2.73. The molecule has 0 spiro atoms. The lowest BCUT2D eigenvalue weighted by Gasteiger charge is -2.19. The summed E-state index contributed by atoms with van der Waals surface area (Å²) in [4.78, 5) is 12.2. The summed E-state index contributed by atoms with van der Waals surface area (Å²) in [5.74, 6) is -0.940. The molecule has 0 saturated carbocycles. The van der Waals surface area contributed by atoms with Gasteiger partial charge in [-0.2, -0.15) is 0 Å². The average molecular weight is 317 g/mol. The van der Waals surface area contributed by atoms with E-state index in [-0.39, 0.29) is 12.0 Å². The van der Waals surface area contributed by atoms with Crippen molar-refractivity contribution < 1.29 is 18.3 Å². The summed E-state index contributed by atoms with van der Waals surface area (Å²) in [6.07, 6.45) is 0.512. The smallest absolute Gasteiger partial charge is 0.323 e. The van der Waals surface area contributed by atoms with Gasteiger partial charge in [-0.3, -0.25) is 4.79 Å². The topological polar surface area (TPSA) is 38.3 Å². The van der Waals surface area contributed by atoms with Crippen LogP contribution in [0, 0.1) is 11.6 Å². The van der Waals surface area contributed by atoms with E-state index in [9.17, 15) is 13.6 Å². The van der Waals surface area contributed by atoms with Crippen LogP contribution in [0.3, 0.4) is 0 Å². The van der Waals surface area contributed by atoms with Crippen LogP contribution in [0.25, 0.3) is 0 Å². The van der Waals surface area contributed by atoms with Gasteiger partial charge in [-0.25, -0.2) is 8.78 Å². The molecule has 0 aliphatic carbocycles. The molecule has 0 radical (unpaired) electrons. The molecule has 0 saturated heterocycles. The number of benzene rings is 1. The average Bonchev–Trinajstić information content (AvgIpc) is 2.39. The van der Waals surface area contributed by atoms with Crippen molar-refractivity contribution in [1.29, 1.82) is 0 Å². The number of rotatable bonds is 8. The molecule has 1 unspecified atom stereocenters. The molecule has 118 valence electrons. The van der Waals surface area contributed by atoms with Crippen molar-refractivity contribution in [1.82, 2.24) is 5.32 Å². The first kappa shape index (κ1) is 17.9. The molecule has 0 fully saturated rings. The number of hydrogen-bond donors (Lipinski definition) is 1. The Hall–Kier alpha value is -1.14. The highest BCUT2D eigenvalue weighted by atomic mass is 32.2. The molecule has 1 aromatic rings. The van der Waals surface area contributed by atoms with E-state index in [2.05, 4.69) is 5.32 Å². The van der Waals surface area contributed by atoms with Crippen molar-refractivity contribution in [2.24, 2.45) is 0 Å². The summed E-state index contributed by atoms with van der Waals surface area (Å²) in [6.45, 7) is 5.97. The Balaban J connectivity index is 2.54. The number of ether oxygens (including phenoxy) is 1. The van der Waals surface area contributed by atoms with Crippen LogP contribution in [-0.2, 0) is 9.53 Å². The van der Waals surface area contributed by atoms with Gasteiger partial charge in [0, 0.05) is 22.8 Å². The Morgan fingerprint density at radius 2 is 2.10 bits per heavy atom. The van der Waals surface area contributed by atoms with Crippen molar-refractivity contribution in [3.8, 4) is 0 Å². The maximum absolute atomic E-state index is 13.5. The standard InChI is InChI=1S/C15H21F2NO2S/c1-4-20-15(19)13(18-10(2)3)7-8-21-14-6-5-11(16)9-12(14)17/h5-6,9-10,13,18H,4,7-8H2,1-3H3. The third kappa shape index (κ3) is 6.44. The van der Waals surface area contributed by atoms with Gasteiger partial charge in [0.05, 0.1) is 6.61 Å². The predicted molar refractivity (Wildman–Crippen MR) is 80.4 cm³/mol. The van der Waals surface area contributed by atoms with Crippen LogP contribution < -0.4 is 5.32 Å². The first-order valence-corrected chi connectivity index (χ1v) is 7.93. The zero-order chi connectivity index (χ0) is 15.8. The van der Waals surface area contributed by atoms with Crippen LogP contribution in [0.15, 0.2) is 23.1 Å². The predicted octanol–water partition coefficient (Wildman–Crippen LogP) is 3.38. The Bertz CT molecular complexity index is 469. The summed E-state index contributed by atoms with van der Waals surface area (Å²) < 4.78 is 31.3. The van der Waals surface area contributed by atoms with Gasteiger partial charge in [0.15, 0.2) is 0 Å². The second-order valence-electron chi connectivity index (χ2n) is 4.84. The molecule has 0 aliphatic rings. The zero-order valence-electron chi connectivity index (χ0n) is 12.5. The van der Waals surface area contributed by atoms with Gasteiger partial charge in [0.25, 0.3) is 0 Å². The lowest BCUT2D eigenvalue weighted by Crippen LogP contribution is -2.42. The second-order valence-corrected chi connectivity index (χ2v) is 5.97. The third-order valence-corrected chi connectivity index (χ3v) is 3.75. The molecule has 0 amide bonds. The minimum absolute atomic E-state index is 0.145. The fraction of sp³-hybridized carbons (Fsp3) is 0.533. The van der Waals surface area contributed by atoms with Crippen LogP contribution in [0.5, 0.6) is 0 Å². The largest absolute Gasteiger partial charge is 0.465 e. The number of nitrogens with one attached hydrogen (secondary N) is 1. The van der Waals surface area contributed by atoms with Gasteiger partial charge in [0.1, 0.15) is 17.7 Å². The zero-order valence-corrected chi connectivity index (χ0v) is 13.3. The molecule has 21 heavy (non-hydrogen) atoms. The van der Waals surface area contributed by atoms with E-state index in [1.54, 1.807) is 6.92 Å². The maximum Gasteiger partial charge on any atom is 0.323 e. The molecule has 1 rings (SSSR count). The lowest BCUT2D eigenvalue weighted by molar-refractivity contribution is -0.145. The summed E-state index contributed by atoms with van der Waals surface area (Å²) in [7, 11) is 0. The Kier molecular flexibility index (Phi) is 7.67. The van der Waals surface area contributed by atoms with E-state index in [4.69, 9.17) is 4.74 Å². The minimum Gasteiger partial charge on any atom is -0.465 e. The summed E-state index contributed by atoms with van der Waals surface area (Å²) in [6, 6.07) is 3.22. The molecule has 1 N–H and O–H groups in total. The van der Waals surface area contributed by atoms with Crippen LogP contribution >= 0.6 is 11.8 Å². The summed E-state index contributed by atoms with van der Waals surface area (Å²) >= 11 is 1.26. The van der Waals surface area contributed by atoms with Crippen molar-refractivity contribution in [3.63, 3.8) is 0 Å². The van der Waals surface area contributed by atoms with Crippen molar-refractivity contribution in [2.45, 2.75) is 44.2 Å². The quantitative estimate of drug-likeness (QED) is 0.589. The third-order valence-electron chi connectivity index (χ3n) is 2.66. The number of hydrogen-bond acceptors (Lipinski definition) is 4. The van der Waals surface area contributed by atoms with E-state index in [0.29, 0.717) is 23.7 Å². The SMILES string of the molecule is CCOC(=O)C(CCSc1ccc(F)cc1F)NC(C)C. The number of carbonyl (C=O) groups is 1. The molecule has 0 aromatic heterocycles. The molecule has 6 heteroatoms. The first-order valence-electron chi connectivity index (χ1n) is 6.94. The van der Waals surface area contributed by atoms with Crippen LogP contribution in [0.1, 0.15) is 27.2 Å². The Morgan fingerprint density at radius 1 is 1.38 bits per heavy atom. The normalized spacial score (nSPS) is 12.5. The van der Waals surface area contributed by atoms with Gasteiger partial charge in [-0.1, -0.05) is 13.8 Å². The van der Waals surface area contributed by atoms with E-state index < -0.39 is 17.7 Å². The van der Waals surface area contributed by atoms with Crippen LogP contribution in [0.4, 0.5) is 8.78 Å². The number of thioether (sulfide) groups is 1. The minimum atomic E-state index is -0.595. The van der Waals surface area contributed by atoms with Gasteiger partial charge in [0.2, 0.25) is 0 Å².